The van der Waals surface area contributed by atoms with E-state index < -0.39 is 0 Å². The number of carbonyl (C=O) groups excluding carboxylic acids is 1. The van der Waals surface area contributed by atoms with Crippen LogP contribution in [0.4, 0.5) is 0 Å². The molecule has 0 aliphatic carbocycles. The van der Waals surface area contributed by atoms with Crippen LogP contribution in [0, 0.1) is 0 Å². The minimum Gasteiger partial charge on any atom is -0.273 e. The SMILES string of the molecule is O=C(Cc1ccccc1)NN=Cc1c2ccccc2cc2ccccc12. The summed E-state index contributed by atoms with van der Waals surface area (Å²) >= 11 is 0. The van der Waals surface area contributed by atoms with Crippen LogP contribution in [0.5, 0.6) is 0 Å². The number of carbonyl (C=O) groups is 1. The molecule has 0 heterocycles. The number of benzene rings is 4. The molecular weight excluding hydrogens is 320 g/mol. The largest absolute Gasteiger partial charge is 0.273 e. The van der Waals surface area contributed by atoms with E-state index >= 15 is 0 Å². The van der Waals surface area contributed by atoms with Crippen molar-refractivity contribution in [3.63, 3.8) is 0 Å². The fourth-order valence-electron chi connectivity index (χ4n) is 3.18. The van der Waals surface area contributed by atoms with E-state index in [9.17, 15) is 4.79 Å². The van der Waals surface area contributed by atoms with Gasteiger partial charge in [0.25, 0.3) is 0 Å². The van der Waals surface area contributed by atoms with Gasteiger partial charge < -0.3 is 0 Å². The quantitative estimate of drug-likeness (QED) is 0.327. The Morgan fingerprint density at radius 3 is 2.04 bits per heavy atom. The summed E-state index contributed by atoms with van der Waals surface area (Å²) in [4.78, 5) is 12.1. The fourth-order valence-corrected chi connectivity index (χ4v) is 3.18. The molecule has 0 saturated heterocycles. The van der Waals surface area contributed by atoms with E-state index in [1.165, 1.54) is 0 Å². The standard InChI is InChI=1S/C23H18N2O/c26-23(14-17-8-2-1-3-9-17)25-24-16-22-20-12-6-4-10-18(20)15-19-11-5-7-13-21(19)22/h1-13,15-16H,14H2,(H,25,26). The van der Waals surface area contributed by atoms with Crippen molar-refractivity contribution in [2.75, 3.05) is 0 Å². The molecule has 0 aliphatic rings. The van der Waals surface area contributed by atoms with Gasteiger partial charge in [-0.05, 0) is 33.2 Å². The van der Waals surface area contributed by atoms with Crippen molar-refractivity contribution in [1.82, 2.24) is 5.43 Å². The van der Waals surface area contributed by atoms with E-state index in [1.807, 2.05) is 54.6 Å². The van der Waals surface area contributed by atoms with E-state index in [0.29, 0.717) is 6.42 Å². The summed E-state index contributed by atoms with van der Waals surface area (Å²) in [6.45, 7) is 0. The molecule has 0 aromatic heterocycles. The van der Waals surface area contributed by atoms with Crippen molar-refractivity contribution in [3.8, 4) is 0 Å². The van der Waals surface area contributed by atoms with Crippen LogP contribution in [0.3, 0.4) is 0 Å². The molecule has 1 amide bonds. The van der Waals surface area contributed by atoms with Gasteiger partial charge in [-0.1, -0.05) is 78.9 Å². The van der Waals surface area contributed by atoms with Crippen LogP contribution in [-0.2, 0) is 11.2 Å². The molecule has 0 unspecified atom stereocenters. The molecule has 0 spiro atoms. The van der Waals surface area contributed by atoms with E-state index in [1.54, 1.807) is 6.21 Å². The first kappa shape index (κ1) is 16.0. The third kappa shape index (κ3) is 3.33. The molecule has 4 rings (SSSR count). The number of hydrogen-bond donors (Lipinski definition) is 1. The predicted molar refractivity (Wildman–Crippen MR) is 107 cm³/mol. The lowest BCUT2D eigenvalue weighted by Crippen LogP contribution is -2.19. The zero-order chi connectivity index (χ0) is 17.8. The van der Waals surface area contributed by atoms with E-state index in [0.717, 1.165) is 32.7 Å². The first-order valence-electron chi connectivity index (χ1n) is 8.57. The Labute approximate surface area is 152 Å². The smallest absolute Gasteiger partial charge is 0.244 e. The van der Waals surface area contributed by atoms with E-state index in [-0.39, 0.29) is 5.91 Å². The first-order chi connectivity index (χ1) is 12.8. The lowest BCUT2D eigenvalue weighted by Gasteiger charge is -2.08. The third-order valence-electron chi connectivity index (χ3n) is 4.40. The Hall–Kier alpha value is -3.46. The van der Waals surface area contributed by atoms with E-state index in [4.69, 9.17) is 0 Å². The molecule has 4 aromatic rings. The van der Waals surface area contributed by atoms with Gasteiger partial charge in [0.1, 0.15) is 0 Å². The number of hydrazone groups is 1. The van der Waals surface area contributed by atoms with Crippen molar-refractivity contribution in [3.05, 3.63) is 96.1 Å². The third-order valence-corrected chi connectivity index (χ3v) is 4.40. The second kappa shape index (κ2) is 7.19. The fraction of sp³-hybridized carbons (Fsp3) is 0.0435. The maximum atomic E-state index is 12.1. The van der Waals surface area contributed by atoms with Gasteiger partial charge in [-0.2, -0.15) is 5.10 Å². The van der Waals surface area contributed by atoms with Crippen LogP contribution in [-0.4, -0.2) is 12.1 Å². The summed E-state index contributed by atoms with van der Waals surface area (Å²) < 4.78 is 0. The molecule has 0 fully saturated rings. The highest BCUT2D eigenvalue weighted by Gasteiger charge is 2.06. The number of fused-ring (bicyclic) bond motifs is 2. The summed E-state index contributed by atoms with van der Waals surface area (Å²) in [6, 6.07) is 28.3. The molecule has 26 heavy (non-hydrogen) atoms. The molecule has 0 aliphatic heterocycles. The number of nitrogens with zero attached hydrogens (tertiary/aromatic N) is 1. The van der Waals surface area contributed by atoms with E-state index in [2.05, 4.69) is 40.9 Å². The minimum absolute atomic E-state index is 0.128. The number of hydrogen-bond acceptors (Lipinski definition) is 2. The molecule has 3 nitrogen and oxygen atoms in total. The zero-order valence-corrected chi connectivity index (χ0v) is 14.2. The van der Waals surface area contributed by atoms with Gasteiger partial charge in [0.2, 0.25) is 5.91 Å². The first-order valence-corrected chi connectivity index (χ1v) is 8.57. The highest BCUT2D eigenvalue weighted by atomic mass is 16.2. The Bertz CT molecular complexity index is 1050. The number of rotatable bonds is 4. The summed E-state index contributed by atoms with van der Waals surface area (Å²) in [5.41, 5.74) is 4.62. The average Bonchev–Trinajstić information content (AvgIpc) is 2.68. The molecule has 0 saturated carbocycles. The van der Waals surface area contributed by atoms with Crippen LogP contribution in [0.15, 0.2) is 90.0 Å². The summed E-state index contributed by atoms with van der Waals surface area (Å²) in [5.74, 6) is -0.128. The van der Waals surface area contributed by atoms with Gasteiger partial charge in [-0.3, -0.25) is 4.79 Å². The summed E-state index contributed by atoms with van der Waals surface area (Å²) in [7, 11) is 0. The predicted octanol–water partition coefficient (Wildman–Crippen LogP) is 4.69. The lowest BCUT2D eigenvalue weighted by molar-refractivity contribution is -0.120. The molecule has 126 valence electrons. The van der Waals surface area contributed by atoms with Crippen LogP contribution in [0.1, 0.15) is 11.1 Å². The van der Waals surface area contributed by atoms with Gasteiger partial charge in [0.15, 0.2) is 0 Å². The molecular formula is C23H18N2O. The van der Waals surface area contributed by atoms with Crippen molar-refractivity contribution in [1.29, 1.82) is 0 Å². The van der Waals surface area contributed by atoms with Crippen LogP contribution in [0.25, 0.3) is 21.5 Å². The normalized spacial score (nSPS) is 11.2. The van der Waals surface area contributed by atoms with Crippen molar-refractivity contribution in [2.45, 2.75) is 6.42 Å². The molecule has 1 N–H and O–H groups in total. The van der Waals surface area contributed by atoms with Crippen molar-refractivity contribution in [2.24, 2.45) is 5.10 Å². The van der Waals surface area contributed by atoms with Gasteiger partial charge in [-0.25, -0.2) is 5.43 Å². The molecule has 0 radical (unpaired) electrons. The Balaban J connectivity index is 1.63. The maximum absolute atomic E-state index is 12.1. The monoisotopic (exact) mass is 338 g/mol. The molecule has 0 bridgehead atoms. The number of amides is 1. The second-order valence-corrected chi connectivity index (χ2v) is 6.19. The topological polar surface area (TPSA) is 41.5 Å². The van der Waals surface area contributed by atoms with Crippen LogP contribution >= 0.6 is 0 Å². The van der Waals surface area contributed by atoms with Crippen LogP contribution < -0.4 is 5.43 Å². The van der Waals surface area contributed by atoms with Gasteiger partial charge in [-0.15, -0.1) is 0 Å². The van der Waals surface area contributed by atoms with Gasteiger partial charge >= 0.3 is 0 Å². The average molecular weight is 338 g/mol. The van der Waals surface area contributed by atoms with Crippen molar-refractivity contribution >= 4 is 33.7 Å². The zero-order valence-electron chi connectivity index (χ0n) is 14.2. The van der Waals surface area contributed by atoms with Crippen molar-refractivity contribution < 1.29 is 4.79 Å². The highest BCUT2D eigenvalue weighted by molar-refractivity contribution is 6.13. The molecule has 0 atom stereocenters. The molecule has 4 aromatic carbocycles. The highest BCUT2D eigenvalue weighted by Crippen LogP contribution is 2.27. The van der Waals surface area contributed by atoms with Gasteiger partial charge in [0.05, 0.1) is 12.6 Å². The van der Waals surface area contributed by atoms with Crippen LogP contribution in [0.2, 0.25) is 0 Å². The second-order valence-electron chi connectivity index (χ2n) is 6.19. The lowest BCUT2D eigenvalue weighted by atomic mass is 9.97. The summed E-state index contributed by atoms with van der Waals surface area (Å²) in [6.07, 6.45) is 2.06. The van der Waals surface area contributed by atoms with Gasteiger partial charge in [0, 0.05) is 5.56 Å². The summed E-state index contributed by atoms with van der Waals surface area (Å²) in [5, 5.41) is 8.76. The minimum atomic E-state index is -0.128. The maximum Gasteiger partial charge on any atom is 0.244 e. The Kier molecular flexibility index (Phi) is 4.44. The Morgan fingerprint density at radius 2 is 1.38 bits per heavy atom. The Morgan fingerprint density at radius 1 is 0.808 bits per heavy atom. The number of nitrogens with one attached hydrogen (secondary N) is 1. The molecule has 3 heteroatoms.